The molecule has 1 aromatic rings. The highest BCUT2D eigenvalue weighted by atomic mass is 127. The number of rotatable bonds is 2. The molecule has 0 saturated heterocycles. The van der Waals surface area contributed by atoms with Crippen molar-refractivity contribution in [2.75, 3.05) is 0 Å². The molecule has 0 aliphatic rings. The molecule has 0 aliphatic carbocycles. The first kappa shape index (κ1) is 9.75. The number of halogens is 5. The minimum absolute atomic E-state index is 0.0444. The van der Waals surface area contributed by atoms with Crippen LogP contribution in [0.4, 0.5) is 17.6 Å². The molecule has 0 radical (unpaired) electrons. The first-order valence-electron chi connectivity index (χ1n) is 2.83. The van der Waals surface area contributed by atoms with Crippen LogP contribution in [-0.4, -0.2) is 9.78 Å². The van der Waals surface area contributed by atoms with E-state index in [1.165, 1.54) is 22.6 Å². The minimum Gasteiger partial charge on any atom is -0.210 e. The van der Waals surface area contributed by atoms with Gasteiger partial charge in [0.1, 0.15) is 5.69 Å². The zero-order valence-corrected chi connectivity index (χ0v) is 7.67. The van der Waals surface area contributed by atoms with Gasteiger partial charge in [-0.1, -0.05) is 0 Å². The number of hydrogen-bond donors (Lipinski definition) is 0. The van der Waals surface area contributed by atoms with Crippen LogP contribution in [0.15, 0.2) is 6.20 Å². The molecule has 0 bridgehead atoms. The largest absolute Gasteiger partial charge is 0.333 e. The highest BCUT2D eigenvalue weighted by molar-refractivity contribution is 14.1. The second kappa shape index (κ2) is 3.58. The Balaban J connectivity index is 3.00. The van der Waals surface area contributed by atoms with Gasteiger partial charge < -0.3 is 0 Å². The second-order valence-corrected chi connectivity index (χ2v) is 3.08. The van der Waals surface area contributed by atoms with Crippen LogP contribution in [0.1, 0.15) is 18.7 Å². The molecule has 0 atom stereocenters. The smallest absolute Gasteiger partial charge is 0.210 e. The van der Waals surface area contributed by atoms with Gasteiger partial charge in [0.15, 0.2) is 0 Å². The normalized spacial score (nSPS) is 11.6. The van der Waals surface area contributed by atoms with Crippen molar-refractivity contribution in [3.8, 4) is 0 Å². The third kappa shape index (κ3) is 1.87. The lowest BCUT2D eigenvalue weighted by Gasteiger charge is -1.95. The van der Waals surface area contributed by atoms with E-state index < -0.39 is 18.7 Å². The quantitative estimate of drug-likeness (QED) is 0.606. The van der Waals surface area contributed by atoms with Crippen molar-refractivity contribution in [1.82, 2.24) is 9.78 Å². The molecule has 7 heteroatoms. The van der Waals surface area contributed by atoms with Crippen LogP contribution >= 0.6 is 22.6 Å². The molecule has 0 aliphatic heterocycles. The van der Waals surface area contributed by atoms with E-state index in [4.69, 9.17) is 0 Å². The second-order valence-electron chi connectivity index (χ2n) is 1.92. The van der Waals surface area contributed by atoms with Gasteiger partial charge in [0.05, 0.1) is 3.57 Å². The Morgan fingerprint density at radius 2 is 1.92 bits per heavy atom. The molecule has 1 heterocycles. The summed E-state index contributed by atoms with van der Waals surface area (Å²) in [4.78, 5) is 0. The van der Waals surface area contributed by atoms with E-state index in [1.807, 2.05) is 0 Å². The summed E-state index contributed by atoms with van der Waals surface area (Å²) in [5.74, 6) is 0. The molecule has 0 aromatic carbocycles. The van der Waals surface area contributed by atoms with Gasteiger partial charge in [-0.2, -0.15) is 13.9 Å². The number of nitrogens with zero attached hydrogens (tertiary/aromatic N) is 2. The van der Waals surface area contributed by atoms with Crippen molar-refractivity contribution in [2.24, 2.45) is 0 Å². The van der Waals surface area contributed by atoms with Crippen LogP contribution in [-0.2, 0) is 0 Å². The summed E-state index contributed by atoms with van der Waals surface area (Å²) in [7, 11) is 0. The third-order valence-corrected chi connectivity index (χ3v) is 1.95. The lowest BCUT2D eigenvalue weighted by atomic mass is 10.5. The summed E-state index contributed by atoms with van der Waals surface area (Å²) in [6, 6.07) is 0. The van der Waals surface area contributed by atoms with E-state index in [-0.39, 0.29) is 8.25 Å². The van der Waals surface area contributed by atoms with Crippen LogP contribution in [0, 0.1) is 3.57 Å². The van der Waals surface area contributed by atoms with Crippen LogP contribution < -0.4 is 0 Å². The molecule has 0 amide bonds. The fourth-order valence-corrected chi connectivity index (χ4v) is 1.26. The van der Waals surface area contributed by atoms with Gasteiger partial charge in [-0.25, -0.2) is 13.5 Å². The molecule has 0 unspecified atom stereocenters. The number of aromatic nitrogens is 2. The summed E-state index contributed by atoms with van der Waals surface area (Å²) in [6.45, 7) is -2.87. The first-order chi connectivity index (χ1) is 5.52. The molecule has 0 N–H and O–H groups in total. The minimum atomic E-state index is -2.87. The average Bonchev–Trinajstić information content (AvgIpc) is 2.30. The molecule has 12 heavy (non-hydrogen) atoms. The Morgan fingerprint density at radius 1 is 1.33 bits per heavy atom. The molecule has 2 nitrogen and oxygen atoms in total. The van der Waals surface area contributed by atoms with E-state index in [0.29, 0.717) is 0 Å². The Morgan fingerprint density at radius 3 is 2.17 bits per heavy atom. The standard InChI is InChI=1S/C5H3F4IN2/c6-4(7)3-2(10)1-12(11-3)5(8)9/h1,4-5H. The van der Waals surface area contributed by atoms with Gasteiger partial charge >= 0.3 is 6.55 Å². The summed E-state index contributed by atoms with van der Waals surface area (Å²) in [5, 5.41) is 3.02. The van der Waals surface area contributed by atoms with Gasteiger partial charge in [0, 0.05) is 6.20 Å². The summed E-state index contributed by atoms with van der Waals surface area (Å²) in [6.07, 6.45) is -1.93. The molecule has 1 aromatic heterocycles. The monoisotopic (exact) mass is 294 g/mol. The summed E-state index contributed by atoms with van der Waals surface area (Å²) >= 11 is 1.53. The predicted molar refractivity (Wildman–Crippen MR) is 41.2 cm³/mol. The highest BCUT2D eigenvalue weighted by Crippen LogP contribution is 2.24. The van der Waals surface area contributed by atoms with Gasteiger partial charge in [-0.3, -0.25) is 0 Å². The fourth-order valence-electron chi connectivity index (χ4n) is 0.631. The Labute approximate surface area is 78.7 Å². The van der Waals surface area contributed by atoms with Gasteiger partial charge in [-0.15, -0.1) is 0 Å². The summed E-state index contributed by atoms with van der Waals surface area (Å²) < 4.78 is 48.0. The molecule has 0 spiro atoms. The molecule has 1 rings (SSSR count). The molecule has 0 saturated carbocycles. The van der Waals surface area contributed by atoms with Crippen molar-refractivity contribution in [1.29, 1.82) is 0 Å². The van der Waals surface area contributed by atoms with Gasteiger partial charge in [0.2, 0.25) is 0 Å². The zero-order valence-electron chi connectivity index (χ0n) is 5.52. The predicted octanol–water partition coefficient (Wildman–Crippen LogP) is 2.82. The topological polar surface area (TPSA) is 17.8 Å². The first-order valence-corrected chi connectivity index (χ1v) is 3.91. The SMILES string of the molecule is FC(F)c1nn(C(F)F)cc1I. The van der Waals surface area contributed by atoms with E-state index >= 15 is 0 Å². The maximum absolute atomic E-state index is 12.0. The van der Waals surface area contributed by atoms with Crippen LogP contribution in [0.2, 0.25) is 0 Å². The van der Waals surface area contributed by atoms with E-state index in [2.05, 4.69) is 5.10 Å². The zero-order chi connectivity index (χ0) is 9.30. The van der Waals surface area contributed by atoms with E-state index in [0.717, 1.165) is 6.20 Å². The van der Waals surface area contributed by atoms with Crippen molar-refractivity contribution in [3.63, 3.8) is 0 Å². The number of hydrogen-bond acceptors (Lipinski definition) is 1. The summed E-state index contributed by atoms with van der Waals surface area (Å²) in [5.41, 5.74) is -0.601. The fraction of sp³-hybridized carbons (Fsp3) is 0.400. The Kier molecular flexibility index (Phi) is 2.91. The highest BCUT2D eigenvalue weighted by Gasteiger charge is 2.18. The third-order valence-electron chi connectivity index (χ3n) is 1.12. The maximum atomic E-state index is 12.0. The van der Waals surface area contributed by atoms with Crippen LogP contribution in [0.5, 0.6) is 0 Å². The number of alkyl halides is 4. The molecular weight excluding hydrogens is 291 g/mol. The lowest BCUT2D eigenvalue weighted by molar-refractivity contribution is 0.0537. The van der Waals surface area contributed by atoms with Crippen molar-refractivity contribution in [3.05, 3.63) is 15.5 Å². The lowest BCUT2D eigenvalue weighted by Crippen LogP contribution is -1.99. The Bertz CT molecular complexity index is 272. The van der Waals surface area contributed by atoms with E-state index in [1.54, 1.807) is 0 Å². The van der Waals surface area contributed by atoms with Gasteiger partial charge in [-0.05, 0) is 22.6 Å². The van der Waals surface area contributed by atoms with Crippen LogP contribution in [0.3, 0.4) is 0 Å². The van der Waals surface area contributed by atoms with Crippen molar-refractivity contribution < 1.29 is 17.6 Å². The molecular formula is C5H3F4IN2. The Hall–Kier alpha value is -0.340. The van der Waals surface area contributed by atoms with Gasteiger partial charge in [0.25, 0.3) is 6.43 Å². The van der Waals surface area contributed by atoms with E-state index in [9.17, 15) is 17.6 Å². The van der Waals surface area contributed by atoms with Crippen molar-refractivity contribution in [2.45, 2.75) is 13.0 Å². The maximum Gasteiger partial charge on any atom is 0.333 e. The molecule has 68 valence electrons. The van der Waals surface area contributed by atoms with Crippen LogP contribution in [0.25, 0.3) is 0 Å². The molecule has 0 fully saturated rings. The average molecular weight is 294 g/mol. The van der Waals surface area contributed by atoms with Crippen molar-refractivity contribution >= 4 is 22.6 Å².